The van der Waals surface area contributed by atoms with Crippen molar-refractivity contribution in [1.29, 1.82) is 0 Å². The van der Waals surface area contributed by atoms with Crippen molar-refractivity contribution in [2.24, 2.45) is 52.1 Å². The predicted molar refractivity (Wildman–Crippen MR) is 112 cm³/mol. The van der Waals surface area contributed by atoms with E-state index in [0.717, 1.165) is 47.6 Å². The lowest BCUT2D eigenvalue weighted by Crippen LogP contribution is -2.53. The minimum atomic E-state index is 0.606. The van der Waals surface area contributed by atoms with Gasteiger partial charge in [-0.15, -0.1) is 0 Å². The maximum absolute atomic E-state index is 5.87. The van der Waals surface area contributed by atoms with Gasteiger partial charge in [-0.3, -0.25) is 0 Å². The van der Waals surface area contributed by atoms with Crippen molar-refractivity contribution in [1.82, 2.24) is 0 Å². The van der Waals surface area contributed by atoms with Crippen LogP contribution in [0.3, 0.4) is 0 Å². The summed E-state index contributed by atoms with van der Waals surface area (Å²) in [6.45, 7) is 11.8. The minimum Gasteiger partial charge on any atom is -0.403 e. The molecule has 7 unspecified atom stereocenters. The number of rotatable bonds is 4. The van der Waals surface area contributed by atoms with Gasteiger partial charge >= 0.3 is 0 Å². The van der Waals surface area contributed by atoms with Crippen LogP contribution in [0.5, 0.6) is 0 Å². The summed E-state index contributed by atoms with van der Waals surface area (Å²) in [7, 11) is 0. The maximum Gasteiger partial charge on any atom is 0.000754 e. The summed E-state index contributed by atoms with van der Waals surface area (Å²) in [5, 5.41) is 0. The highest BCUT2D eigenvalue weighted by Gasteiger charge is 2.59. The van der Waals surface area contributed by atoms with E-state index >= 15 is 0 Å². The molecule has 8 atom stereocenters. The lowest BCUT2D eigenvalue weighted by Gasteiger charge is -2.61. The van der Waals surface area contributed by atoms with Gasteiger partial charge in [0.15, 0.2) is 0 Å². The van der Waals surface area contributed by atoms with E-state index in [1.54, 1.807) is 6.42 Å². The van der Waals surface area contributed by atoms with Gasteiger partial charge in [-0.05, 0) is 111 Å². The smallest absolute Gasteiger partial charge is 0.000754 e. The molecule has 1 nitrogen and oxygen atoms in total. The molecule has 0 aromatic rings. The van der Waals surface area contributed by atoms with Gasteiger partial charge < -0.3 is 5.73 Å². The second kappa shape index (κ2) is 6.85. The van der Waals surface area contributed by atoms with Crippen molar-refractivity contribution < 1.29 is 0 Å². The molecule has 0 aromatic carbocycles. The van der Waals surface area contributed by atoms with Gasteiger partial charge in [0.25, 0.3) is 0 Å². The van der Waals surface area contributed by atoms with E-state index in [-0.39, 0.29) is 0 Å². The SMILES string of the molecule is C=C(N)CC[C@@H](C)C1CCC2C3CCC4CCCCC4(C)C3CCC21C. The fourth-order valence-electron chi connectivity index (χ4n) is 8.88. The minimum absolute atomic E-state index is 0.606. The van der Waals surface area contributed by atoms with Gasteiger partial charge in [0.1, 0.15) is 0 Å². The zero-order chi connectivity index (χ0) is 18.5. The Morgan fingerprint density at radius 3 is 2.50 bits per heavy atom. The highest BCUT2D eigenvalue weighted by molar-refractivity contribution is 5.09. The van der Waals surface area contributed by atoms with Gasteiger partial charge in [-0.25, -0.2) is 0 Å². The first-order chi connectivity index (χ1) is 12.4. The van der Waals surface area contributed by atoms with E-state index in [2.05, 4.69) is 27.4 Å². The maximum atomic E-state index is 5.87. The molecule has 0 bridgehead atoms. The Morgan fingerprint density at radius 1 is 0.962 bits per heavy atom. The predicted octanol–water partition coefficient (Wildman–Crippen LogP) is 6.92. The number of fused-ring (bicyclic) bond motifs is 5. The highest BCUT2D eigenvalue weighted by Crippen LogP contribution is 2.68. The third kappa shape index (κ3) is 2.87. The first-order valence-corrected chi connectivity index (χ1v) is 11.8. The molecule has 4 aliphatic carbocycles. The van der Waals surface area contributed by atoms with E-state index < -0.39 is 0 Å². The van der Waals surface area contributed by atoms with E-state index in [1.807, 2.05) is 0 Å². The second-order valence-corrected chi connectivity index (χ2v) is 11.3. The van der Waals surface area contributed by atoms with Crippen LogP contribution in [0.4, 0.5) is 0 Å². The molecule has 4 aliphatic rings. The molecule has 0 spiro atoms. The van der Waals surface area contributed by atoms with Crippen molar-refractivity contribution >= 4 is 0 Å². The van der Waals surface area contributed by atoms with Crippen molar-refractivity contribution in [3.05, 3.63) is 12.3 Å². The van der Waals surface area contributed by atoms with Gasteiger partial charge in [0.2, 0.25) is 0 Å². The standard InChI is InChI=1S/C25H43N/c1-17(8-9-18(2)26)21-12-13-22-20-11-10-19-7-5-6-15-24(19,3)23(20)14-16-25(21,22)4/h17,19-23H,2,5-16,26H2,1,3-4H3/t17-,19?,20?,21?,22?,23?,24?,25?/m1/s1. The lowest BCUT2D eigenvalue weighted by molar-refractivity contribution is -0.114. The molecule has 0 heterocycles. The zero-order valence-electron chi connectivity index (χ0n) is 17.7. The summed E-state index contributed by atoms with van der Waals surface area (Å²) in [5.74, 6) is 5.86. The molecule has 0 radical (unpaired) electrons. The Morgan fingerprint density at radius 2 is 1.73 bits per heavy atom. The van der Waals surface area contributed by atoms with E-state index in [4.69, 9.17) is 5.73 Å². The molecule has 1 heteroatoms. The van der Waals surface area contributed by atoms with Crippen molar-refractivity contribution in [3.63, 3.8) is 0 Å². The summed E-state index contributed by atoms with van der Waals surface area (Å²) in [5.41, 5.74) is 8.04. The van der Waals surface area contributed by atoms with Crippen LogP contribution in [0, 0.1) is 46.3 Å². The van der Waals surface area contributed by atoms with Crippen molar-refractivity contribution in [2.75, 3.05) is 0 Å². The van der Waals surface area contributed by atoms with Gasteiger partial charge in [-0.2, -0.15) is 0 Å². The van der Waals surface area contributed by atoms with Crippen LogP contribution in [0.1, 0.15) is 97.8 Å². The van der Waals surface area contributed by atoms with Crippen LogP contribution in [0.2, 0.25) is 0 Å². The van der Waals surface area contributed by atoms with Gasteiger partial charge in [0.05, 0.1) is 0 Å². The summed E-state index contributed by atoms with van der Waals surface area (Å²) in [4.78, 5) is 0. The van der Waals surface area contributed by atoms with Gasteiger partial charge in [-0.1, -0.05) is 40.2 Å². The van der Waals surface area contributed by atoms with E-state index in [0.29, 0.717) is 10.8 Å². The summed E-state index contributed by atoms with van der Waals surface area (Å²) in [6.07, 6.45) is 17.4. The Hall–Kier alpha value is -0.460. The number of nitrogens with two attached hydrogens (primary N) is 1. The Labute approximate surface area is 162 Å². The second-order valence-electron chi connectivity index (χ2n) is 11.3. The molecular weight excluding hydrogens is 314 g/mol. The summed E-state index contributed by atoms with van der Waals surface area (Å²) >= 11 is 0. The first-order valence-electron chi connectivity index (χ1n) is 11.8. The van der Waals surface area contributed by atoms with E-state index in [1.165, 1.54) is 64.2 Å². The van der Waals surface area contributed by atoms with Crippen LogP contribution in [0.25, 0.3) is 0 Å². The molecule has 0 saturated heterocycles. The zero-order valence-corrected chi connectivity index (χ0v) is 17.7. The highest BCUT2D eigenvalue weighted by atomic mass is 14.6. The summed E-state index contributed by atoms with van der Waals surface area (Å²) in [6, 6.07) is 0. The molecular formula is C25H43N. The molecule has 148 valence electrons. The fourth-order valence-corrected chi connectivity index (χ4v) is 8.88. The quantitative estimate of drug-likeness (QED) is 0.580. The molecule has 2 N–H and O–H groups in total. The Balaban J connectivity index is 1.52. The van der Waals surface area contributed by atoms with Crippen molar-refractivity contribution in [2.45, 2.75) is 97.8 Å². The van der Waals surface area contributed by atoms with Crippen molar-refractivity contribution in [3.8, 4) is 0 Å². The van der Waals surface area contributed by atoms with Crippen LogP contribution in [-0.2, 0) is 0 Å². The lowest BCUT2D eigenvalue weighted by atomic mass is 9.44. The molecule has 4 saturated carbocycles. The van der Waals surface area contributed by atoms with Crippen LogP contribution >= 0.6 is 0 Å². The first kappa shape index (κ1) is 18.9. The molecule has 26 heavy (non-hydrogen) atoms. The van der Waals surface area contributed by atoms with Gasteiger partial charge in [0, 0.05) is 5.70 Å². The number of hydrogen-bond donors (Lipinski definition) is 1. The third-order valence-corrected chi connectivity index (χ3v) is 10.3. The number of hydrogen-bond acceptors (Lipinski definition) is 1. The molecule has 4 fully saturated rings. The van der Waals surface area contributed by atoms with Crippen LogP contribution in [-0.4, -0.2) is 0 Å². The van der Waals surface area contributed by atoms with Crippen LogP contribution < -0.4 is 5.73 Å². The normalized spacial score (nSPS) is 49.0. The summed E-state index contributed by atoms with van der Waals surface area (Å²) < 4.78 is 0. The third-order valence-electron chi connectivity index (χ3n) is 10.3. The molecule has 4 rings (SSSR count). The fraction of sp³-hybridized carbons (Fsp3) is 0.920. The molecule has 0 aliphatic heterocycles. The average Bonchev–Trinajstić information content (AvgIpc) is 2.96. The Kier molecular flexibility index (Phi) is 4.98. The van der Waals surface area contributed by atoms with E-state index in [9.17, 15) is 0 Å². The number of allylic oxidation sites excluding steroid dienone is 1. The average molecular weight is 358 g/mol. The Bertz CT molecular complexity index is 538. The van der Waals surface area contributed by atoms with Crippen LogP contribution in [0.15, 0.2) is 12.3 Å². The molecule has 0 amide bonds. The topological polar surface area (TPSA) is 26.0 Å². The molecule has 0 aromatic heterocycles. The largest absolute Gasteiger partial charge is 0.403 e. The monoisotopic (exact) mass is 357 g/mol.